The maximum atomic E-state index is 12.6. The lowest BCUT2D eigenvalue weighted by molar-refractivity contribution is -0.129. The molecule has 0 bridgehead atoms. The van der Waals surface area contributed by atoms with Crippen LogP contribution < -0.4 is 0 Å². The molecule has 0 aromatic rings. The van der Waals surface area contributed by atoms with Gasteiger partial charge in [-0.1, -0.05) is 27.7 Å². The molecule has 38 heavy (non-hydrogen) atoms. The number of hydrogen-bond acceptors (Lipinski definition) is 6. The van der Waals surface area contributed by atoms with E-state index in [2.05, 4.69) is 27.7 Å². The Hall–Kier alpha value is -1.94. The van der Waals surface area contributed by atoms with E-state index in [9.17, 15) is 19.2 Å². The van der Waals surface area contributed by atoms with Crippen molar-refractivity contribution in [1.82, 2.24) is 19.6 Å². The summed E-state index contributed by atoms with van der Waals surface area (Å²) in [5.74, 6) is 0.129. The van der Waals surface area contributed by atoms with Gasteiger partial charge >= 0.3 is 0 Å². The Morgan fingerprint density at radius 1 is 0.711 bits per heavy atom. The Balaban J connectivity index is 1.80. The number of thiocarbonyl (C=S) groups is 2. The van der Waals surface area contributed by atoms with Crippen molar-refractivity contribution in [3.8, 4) is 0 Å². The third kappa shape index (κ3) is 7.37. The quantitative estimate of drug-likeness (QED) is 0.273. The maximum Gasteiger partial charge on any atom is 0.248 e. The first-order valence-electron chi connectivity index (χ1n) is 13.8. The van der Waals surface area contributed by atoms with Gasteiger partial charge in [0.25, 0.3) is 0 Å². The van der Waals surface area contributed by atoms with Crippen LogP contribution in [0.5, 0.6) is 0 Å². The first kappa shape index (κ1) is 32.3. The van der Waals surface area contributed by atoms with Crippen LogP contribution in [-0.2, 0) is 19.2 Å². The minimum atomic E-state index is -0.301. The fourth-order valence-electron chi connectivity index (χ4n) is 4.96. The molecule has 214 valence electrons. The minimum absolute atomic E-state index is 0.00482. The van der Waals surface area contributed by atoms with Gasteiger partial charge in [0.15, 0.2) is 10.2 Å². The van der Waals surface area contributed by atoms with E-state index in [0.29, 0.717) is 62.1 Å². The zero-order valence-corrected chi connectivity index (χ0v) is 26.1. The largest absolute Gasteiger partial charge is 0.340 e. The van der Waals surface area contributed by atoms with Crippen LogP contribution in [0.1, 0.15) is 93.9 Å². The van der Waals surface area contributed by atoms with Crippen LogP contribution in [0.2, 0.25) is 0 Å². The van der Waals surface area contributed by atoms with Crippen LogP contribution in [0, 0.1) is 10.8 Å². The Labute approximate surface area is 239 Å². The molecule has 10 heteroatoms. The topological polar surface area (TPSA) is 81.2 Å². The molecule has 2 aliphatic heterocycles. The van der Waals surface area contributed by atoms with Crippen molar-refractivity contribution in [3.05, 3.63) is 0 Å². The molecule has 2 atom stereocenters. The van der Waals surface area contributed by atoms with Crippen molar-refractivity contribution in [2.45, 2.75) is 106 Å². The summed E-state index contributed by atoms with van der Waals surface area (Å²) in [6.07, 6.45) is 2.41. The first-order valence-corrected chi connectivity index (χ1v) is 14.6. The highest BCUT2D eigenvalue weighted by atomic mass is 32.1. The third-order valence-electron chi connectivity index (χ3n) is 8.72. The summed E-state index contributed by atoms with van der Waals surface area (Å²) in [5.41, 5.74) is -0.603. The second kappa shape index (κ2) is 12.9. The number of rotatable bonds is 15. The molecule has 2 heterocycles. The van der Waals surface area contributed by atoms with Crippen LogP contribution in [0.3, 0.4) is 0 Å². The Bertz CT molecular complexity index is 889. The predicted octanol–water partition coefficient (Wildman–Crippen LogP) is 4.19. The Kier molecular flexibility index (Phi) is 11.0. The summed E-state index contributed by atoms with van der Waals surface area (Å²) in [7, 11) is 0. The molecule has 2 amide bonds. The van der Waals surface area contributed by atoms with E-state index < -0.39 is 0 Å². The molecule has 0 N–H and O–H groups in total. The lowest BCUT2D eigenvalue weighted by Crippen LogP contribution is -2.47. The highest BCUT2D eigenvalue weighted by molar-refractivity contribution is 7.80. The molecule has 2 unspecified atom stereocenters. The molecule has 2 saturated heterocycles. The maximum absolute atomic E-state index is 12.6. The lowest BCUT2D eigenvalue weighted by Gasteiger charge is -2.38. The van der Waals surface area contributed by atoms with Crippen LogP contribution in [0.25, 0.3) is 0 Å². The summed E-state index contributed by atoms with van der Waals surface area (Å²) in [4.78, 5) is 57.5. The molecule has 2 aliphatic rings. The zero-order chi connectivity index (χ0) is 29.0. The van der Waals surface area contributed by atoms with Crippen LogP contribution >= 0.6 is 24.4 Å². The van der Waals surface area contributed by atoms with Crippen molar-refractivity contribution in [2.24, 2.45) is 10.8 Å². The van der Waals surface area contributed by atoms with E-state index in [-0.39, 0.29) is 59.1 Å². The van der Waals surface area contributed by atoms with Crippen molar-refractivity contribution in [3.63, 3.8) is 0 Å². The standard InChI is InChI=1S/C28H46N4O4S2/c1-9-29-17-23(35)31(25(29)37)19(3)27(5,6)15-13-21(33)11-12-22(34)14-16-28(7,8)20(4)32-24(36)18-30(10-2)26(32)38/h19-20H,9-18H2,1-8H3. The number of ketones is 2. The van der Waals surface area contributed by atoms with E-state index in [1.54, 1.807) is 9.80 Å². The van der Waals surface area contributed by atoms with Gasteiger partial charge in [-0.05, 0) is 75.8 Å². The summed E-state index contributed by atoms with van der Waals surface area (Å²) in [5, 5.41) is 1.12. The number of Topliss-reactive ketones (excluding diaryl/α,β-unsaturated/α-hetero) is 2. The van der Waals surface area contributed by atoms with Crippen molar-refractivity contribution < 1.29 is 19.2 Å². The van der Waals surface area contributed by atoms with Gasteiger partial charge in [0.2, 0.25) is 11.8 Å². The summed E-state index contributed by atoms with van der Waals surface area (Å²) < 4.78 is 0. The molecule has 8 nitrogen and oxygen atoms in total. The molecule has 2 fully saturated rings. The van der Waals surface area contributed by atoms with Crippen molar-refractivity contribution >= 4 is 58.0 Å². The van der Waals surface area contributed by atoms with Crippen LogP contribution in [0.4, 0.5) is 0 Å². The van der Waals surface area contributed by atoms with Crippen molar-refractivity contribution in [2.75, 3.05) is 26.2 Å². The molecular weight excluding hydrogens is 520 g/mol. The average molecular weight is 567 g/mol. The van der Waals surface area contributed by atoms with E-state index in [0.717, 1.165) is 0 Å². The monoisotopic (exact) mass is 566 g/mol. The first-order chi connectivity index (χ1) is 17.6. The highest BCUT2D eigenvalue weighted by Gasteiger charge is 2.42. The van der Waals surface area contributed by atoms with Gasteiger partial charge in [0.1, 0.15) is 11.6 Å². The van der Waals surface area contributed by atoms with Crippen LogP contribution in [-0.4, -0.2) is 91.5 Å². The van der Waals surface area contributed by atoms with Crippen molar-refractivity contribution in [1.29, 1.82) is 0 Å². The fraction of sp³-hybridized carbons (Fsp3) is 0.786. The third-order valence-corrected chi connectivity index (χ3v) is 9.63. The number of nitrogens with zero attached hydrogens (tertiary/aromatic N) is 4. The smallest absolute Gasteiger partial charge is 0.248 e. The number of hydrogen-bond donors (Lipinski definition) is 0. The predicted molar refractivity (Wildman–Crippen MR) is 158 cm³/mol. The van der Waals surface area contributed by atoms with Crippen LogP contribution in [0.15, 0.2) is 0 Å². The molecule has 0 saturated carbocycles. The normalized spacial score (nSPS) is 18.6. The minimum Gasteiger partial charge on any atom is -0.340 e. The van der Waals surface area contributed by atoms with E-state index >= 15 is 0 Å². The van der Waals surface area contributed by atoms with Gasteiger partial charge < -0.3 is 9.80 Å². The van der Waals surface area contributed by atoms with Gasteiger partial charge in [0, 0.05) is 50.9 Å². The molecule has 0 aromatic carbocycles. The fourth-order valence-corrected chi connectivity index (χ4v) is 5.87. The number of carbonyl (C=O) groups is 4. The highest BCUT2D eigenvalue weighted by Crippen LogP contribution is 2.34. The Morgan fingerprint density at radius 2 is 1.03 bits per heavy atom. The van der Waals surface area contributed by atoms with Gasteiger partial charge in [-0.15, -0.1) is 0 Å². The van der Waals surface area contributed by atoms with E-state index in [1.165, 1.54) is 0 Å². The van der Waals surface area contributed by atoms with Gasteiger partial charge in [-0.25, -0.2) is 0 Å². The molecule has 0 spiro atoms. The summed E-state index contributed by atoms with van der Waals surface area (Å²) in [6.45, 7) is 18.2. The summed E-state index contributed by atoms with van der Waals surface area (Å²) in [6, 6.07) is -0.255. The Morgan fingerprint density at radius 3 is 1.29 bits per heavy atom. The lowest BCUT2D eigenvalue weighted by atomic mass is 9.79. The van der Waals surface area contributed by atoms with E-state index in [1.807, 2.05) is 37.5 Å². The SMILES string of the molecule is CCN1CC(=O)N(C(C)C(C)(C)CCC(=O)CCC(=O)CCC(C)(C)C(C)N2C(=O)CN(CC)C2=S)C1=S. The van der Waals surface area contributed by atoms with Gasteiger partial charge in [-0.2, -0.15) is 0 Å². The van der Waals surface area contributed by atoms with Gasteiger partial charge in [-0.3, -0.25) is 29.0 Å². The molecule has 0 radical (unpaired) electrons. The molecule has 2 rings (SSSR count). The second-order valence-electron chi connectivity index (χ2n) is 12.0. The average Bonchev–Trinajstić information content (AvgIpc) is 3.31. The van der Waals surface area contributed by atoms with E-state index in [4.69, 9.17) is 24.4 Å². The molecular formula is C28H46N4O4S2. The number of likely N-dealkylation sites (N-methyl/N-ethyl adjacent to an activating group) is 2. The zero-order valence-electron chi connectivity index (χ0n) is 24.5. The van der Waals surface area contributed by atoms with Gasteiger partial charge in [0.05, 0.1) is 13.1 Å². The number of carbonyl (C=O) groups excluding carboxylic acids is 4. The second-order valence-corrected chi connectivity index (χ2v) is 12.8. The molecule has 0 aromatic heterocycles. The molecule has 0 aliphatic carbocycles. The number of amides is 2. The summed E-state index contributed by atoms with van der Waals surface area (Å²) >= 11 is 11.0.